The Morgan fingerprint density at radius 2 is 1.65 bits per heavy atom. The molecule has 2 heteroatoms. The highest BCUT2D eigenvalue weighted by Crippen LogP contribution is 2.33. The Morgan fingerprint density at radius 3 is 2.35 bits per heavy atom. The third-order valence-corrected chi connectivity index (χ3v) is 3.82. The van der Waals surface area contributed by atoms with E-state index in [9.17, 15) is 0 Å². The van der Waals surface area contributed by atoms with Crippen LogP contribution in [0.3, 0.4) is 0 Å². The molecular weight excluding hydrogens is 244 g/mol. The lowest BCUT2D eigenvalue weighted by molar-refractivity contribution is 0.681. The Kier molecular flexibility index (Phi) is 2.92. The van der Waals surface area contributed by atoms with Crippen LogP contribution in [0, 0.1) is 6.92 Å². The fourth-order valence-electron chi connectivity index (χ4n) is 2.83. The monoisotopic (exact) mass is 265 g/mol. The summed E-state index contributed by atoms with van der Waals surface area (Å²) >= 11 is 0. The van der Waals surface area contributed by atoms with Gasteiger partial charge in [-0.05, 0) is 38.0 Å². The van der Waals surface area contributed by atoms with Gasteiger partial charge in [-0.25, -0.2) is 0 Å². The third-order valence-electron chi connectivity index (χ3n) is 3.82. The van der Waals surface area contributed by atoms with Crippen molar-refractivity contribution >= 4 is 11.4 Å². The predicted octanol–water partition coefficient (Wildman–Crippen LogP) is 4.14. The molecule has 1 aliphatic heterocycles. The Morgan fingerprint density at radius 1 is 1.00 bits per heavy atom. The van der Waals surface area contributed by atoms with Crippen molar-refractivity contribution in [3.8, 4) is 0 Å². The lowest BCUT2D eigenvalue weighted by atomic mass is 10.1. The summed E-state index contributed by atoms with van der Waals surface area (Å²) in [5.74, 6) is 0. The predicted molar refractivity (Wildman–Crippen MR) is 85.3 cm³/mol. The summed E-state index contributed by atoms with van der Waals surface area (Å²) in [6, 6.07) is 18.5. The van der Waals surface area contributed by atoms with Crippen LogP contribution in [-0.4, -0.2) is 6.17 Å². The third kappa shape index (κ3) is 2.07. The van der Waals surface area contributed by atoms with Crippen molar-refractivity contribution in [2.24, 2.45) is 0 Å². The Hall–Kier alpha value is -2.22. The SMILES string of the molecule is [2H]N1C(c2ccccc2)=C(C)N(c2ccccc2C)C1C. The van der Waals surface area contributed by atoms with Crippen molar-refractivity contribution in [1.82, 2.24) is 5.31 Å². The van der Waals surface area contributed by atoms with Gasteiger partial charge in [-0.1, -0.05) is 48.5 Å². The molecular formula is C18H20N2. The number of aryl methyl sites for hydroxylation is 1. The van der Waals surface area contributed by atoms with E-state index in [0.717, 1.165) is 17.0 Å². The average Bonchev–Trinajstić information content (AvgIpc) is 2.71. The molecule has 0 aliphatic carbocycles. The molecule has 1 unspecified atom stereocenters. The van der Waals surface area contributed by atoms with Crippen molar-refractivity contribution in [2.75, 3.05) is 4.90 Å². The molecule has 1 N–H and O–H groups in total. The Labute approximate surface area is 122 Å². The molecule has 1 atom stereocenters. The van der Waals surface area contributed by atoms with Gasteiger partial charge >= 0.3 is 0 Å². The first-order valence-corrected chi connectivity index (χ1v) is 7.00. The van der Waals surface area contributed by atoms with Gasteiger partial charge in [-0.3, -0.25) is 0 Å². The van der Waals surface area contributed by atoms with Crippen LogP contribution in [-0.2, 0) is 0 Å². The maximum absolute atomic E-state index is 8.45. The normalized spacial score (nSPS) is 19.6. The molecule has 20 heavy (non-hydrogen) atoms. The van der Waals surface area contributed by atoms with Gasteiger partial charge in [-0.15, -0.1) is 0 Å². The van der Waals surface area contributed by atoms with Crippen LogP contribution < -0.4 is 10.2 Å². The molecule has 0 spiro atoms. The standard InChI is InChI=1S/C18H20N2/c1-13-9-7-8-12-17(13)20-14(2)18(19-15(20)3)16-10-5-4-6-11-16/h4-12,15,19H,1-3H3/i/hD. The zero-order valence-electron chi connectivity index (χ0n) is 13.2. The van der Waals surface area contributed by atoms with Crippen LogP contribution in [0.25, 0.3) is 5.70 Å². The minimum absolute atomic E-state index is 0.0127. The van der Waals surface area contributed by atoms with Crippen molar-refractivity contribution in [3.63, 3.8) is 0 Å². The van der Waals surface area contributed by atoms with Crippen LogP contribution in [0.5, 0.6) is 0 Å². The molecule has 0 bridgehead atoms. The molecule has 0 amide bonds. The Balaban J connectivity index is 2.12. The number of rotatable bonds is 2. The number of nitrogens with one attached hydrogen (secondary N) is 1. The van der Waals surface area contributed by atoms with Crippen molar-refractivity contribution < 1.29 is 1.41 Å². The summed E-state index contributed by atoms with van der Waals surface area (Å²) in [7, 11) is 0. The summed E-state index contributed by atoms with van der Waals surface area (Å²) < 4.78 is 8.45. The number of para-hydroxylation sites is 1. The number of hydrogen-bond acceptors (Lipinski definition) is 2. The molecule has 102 valence electrons. The second-order valence-electron chi connectivity index (χ2n) is 5.22. The smallest absolute Gasteiger partial charge is 0.162 e. The number of allylic oxidation sites excluding steroid dienone is 1. The van der Waals surface area contributed by atoms with Gasteiger partial charge in [0.15, 0.2) is 1.41 Å². The molecule has 1 heterocycles. The first-order chi connectivity index (χ1) is 10.1. The maximum Gasteiger partial charge on any atom is 0.162 e. The summed E-state index contributed by atoms with van der Waals surface area (Å²) in [6.07, 6.45) is -0.0127. The largest absolute Gasteiger partial charge is 0.363 e. The molecule has 0 saturated heterocycles. The molecule has 2 aromatic rings. The topological polar surface area (TPSA) is 15.3 Å². The molecule has 0 saturated carbocycles. The van der Waals surface area contributed by atoms with Crippen LogP contribution in [0.15, 0.2) is 60.3 Å². The molecule has 3 rings (SSSR count). The van der Waals surface area contributed by atoms with Gasteiger partial charge in [0.05, 0.1) is 5.70 Å². The van der Waals surface area contributed by atoms with E-state index >= 15 is 0 Å². The Bertz CT molecular complexity index is 679. The van der Waals surface area contributed by atoms with E-state index in [4.69, 9.17) is 1.41 Å². The first-order valence-electron chi connectivity index (χ1n) is 7.45. The highest BCUT2D eigenvalue weighted by Gasteiger charge is 2.27. The molecule has 2 nitrogen and oxygen atoms in total. The molecule has 0 radical (unpaired) electrons. The van der Waals surface area contributed by atoms with Gasteiger partial charge in [0, 0.05) is 11.4 Å². The quantitative estimate of drug-likeness (QED) is 0.878. The van der Waals surface area contributed by atoms with Crippen LogP contribution in [0.1, 0.15) is 25.0 Å². The van der Waals surface area contributed by atoms with Crippen LogP contribution in [0.4, 0.5) is 5.69 Å². The molecule has 0 fully saturated rings. The molecule has 1 aliphatic rings. The summed E-state index contributed by atoms with van der Waals surface area (Å²) in [5, 5.41) is 1.61. The summed E-state index contributed by atoms with van der Waals surface area (Å²) in [4.78, 5) is 2.24. The number of anilines is 1. The minimum Gasteiger partial charge on any atom is -0.363 e. The van der Waals surface area contributed by atoms with Gasteiger partial charge in [0.25, 0.3) is 0 Å². The van der Waals surface area contributed by atoms with E-state index in [1.807, 2.05) is 18.2 Å². The van der Waals surface area contributed by atoms with Crippen molar-refractivity contribution in [1.29, 1.82) is 0 Å². The highest BCUT2D eigenvalue weighted by atomic mass is 15.3. The summed E-state index contributed by atoms with van der Waals surface area (Å²) in [6.45, 7) is 6.28. The zero-order valence-corrected chi connectivity index (χ0v) is 12.2. The van der Waals surface area contributed by atoms with Gasteiger partial charge < -0.3 is 10.2 Å². The highest BCUT2D eigenvalue weighted by molar-refractivity contribution is 5.76. The fraction of sp³-hybridized carbons (Fsp3) is 0.222. The van der Waals surface area contributed by atoms with E-state index in [0.29, 0.717) is 0 Å². The van der Waals surface area contributed by atoms with E-state index in [1.54, 1.807) is 5.31 Å². The average molecular weight is 265 g/mol. The second-order valence-corrected chi connectivity index (χ2v) is 5.22. The molecule has 0 aromatic heterocycles. The fourth-order valence-corrected chi connectivity index (χ4v) is 2.83. The lowest BCUT2D eigenvalue weighted by Crippen LogP contribution is -2.34. The van der Waals surface area contributed by atoms with Gasteiger partial charge in [-0.2, -0.15) is 0 Å². The minimum atomic E-state index is -0.0127. The number of benzene rings is 2. The summed E-state index contributed by atoms with van der Waals surface area (Å²) in [5.41, 5.74) is 5.59. The maximum atomic E-state index is 8.45. The van der Waals surface area contributed by atoms with E-state index in [1.165, 1.54) is 11.3 Å². The van der Waals surface area contributed by atoms with E-state index in [2.05, 4.69) is 62.1 Å². The number of hydrogen-bond donors (Lipinski definition) is 1. The van der Waals surface area contributed by atoms with Crippen molar-refractivity contribution in [2.45, 2.75) is 26.9 Å². The van der Waals surface area contributed by atoms with Gasteiger partial charge in [0.1, 0.15) is 6.17 Å². The number of nitrogens with zero attached hydrogens (tertiary/aromatic N) is 1. The molecule has 2 aromatic carbocycles. The van der Waals surface area contributed by atoms with Crippen LogP contribution in [0.2, 0.25) is 1.41 Å². The zero-order chi connectivity index (χ0) is 15.0. The lowest BCUT2D eigenvalue weighted by Gasteiger charge is -2.26. The first kappa shape index (κ1) is 11.6. The van der Waals surface area contributed by atoms with Gasteiger partial charge in [0.2, 0.25) is 0 Å². The van der Waals surface area contributed by atoms with Crippen LogP contribution >= 0.6 is 0 Å². The van der Waals surface area contributed by atoms with Crippen molar-refractivity contribution in [3.05, 3.63) is 71.4 Å². The van der Waals surface area contributed by atoms with E-state index in [-0.39, 0.29) is 6.17 Å². The van der Waals surface area contributed by atoms with E-state index < -0.39 is 0 Å². The second kappa shape index (κ2) is 5.04.